The summed E-state index contributed by atoms with van der Waals surface area (Å²) in [5, 5.41) is 9.69. The van der Waals surface area contributed by atoms with Crippen LogP contribution in [0.15, 0.2) is 17.0 Å². The second-order valence-electron chi connectivity index (χ2n) is 4.01. The summed E-state index contributed by atoms with van der Waals surface area (Å²) in [6.45, 7) is 3.54. The second-order valence-corrected chi connectivity index (χ2v) is 6.25. The number of hydrogen-bond acceptors (Lipinski definition) is 5. The number of nitrogens with zero attached hydrogens (tertiary/aromatic N) is 2. The third kappa shape index (κ3) is 2.92. The predicted molar refractivity (Wildman–Crippen MR) is 67.2 cm³/mol. The molecular weight excluding hydrogens is 299 g/mol. The van der Waals surface area contributed by atoms with Gasteiger partial charge < -0.3 is 0 Å². The van der Waals surface area contributed by atoms with Gasteiger partial charge in [-0.2, -0.15) is 13.2 Å². The summed E-state index contributed by atoms with van der Waals surface area (Å²) < 4.78 is 38.7. The average Bonchev–Trinajstić information content (AvgIpc) is 3.04. The van der Waals surface area contributed by atoms with E-state index < -0.39 is 17.5 Å². The first-order valence-electron chi connectivity index (χ1n) is 5.34. The van der Waals surface area contributed by atoms with Crippen LogP contribution in [0, 0.1) is 5.41 Å². The lowest BCUT2D eigenvalue weighted by Crippen LogP contribution is -2.36. The molecule has 0 radical (unpaired) electrons. The van der Waals surface area contributed by atoms with E-state index in [0.717, 1.165) is 11.3 Å². The van der Waals surface area contributed by atoms with Crippen molar-refractivity contribution in [3.8, 4) is 0 Å². The van der Waals surface area contributed by atoms with Crippen molar-refractivity contribution in [2.24, 2.45) is 5.41 Å². The van der Waals surface area contributed by atoms with E-state index in [0.29, 0.717) is 10.1 Å². The lowest BCUT2D eigenvalue weighted by atomic mass is 10.1. The minimum Gasteiger partial charge on any atom is -0.300 e. The average molecular weight is 309 g/mol. The van der Waals surface area contributed by atoms with Crippen molar-refractivity contribution in [1.29, 1.82) is 0 Å². The van der Waals surface area contributed by atoms with Crippen LogP contribution in [0.3, 0.4) is 0 Å². The Bertz CT molecular complexity index is 496. The number of carbonyl (C=O) groups is 1. The van der Waals surface area contributed by atoms with Crippen LogP contribution < -0.4 is 5.32 Å². The van der Waals surface area contributed by atoms with Gasteiger partial charge in [0.25, 0.3) is 0 Å². The third-order valence-electron chi connectivity index (χ3n) is 2.68. The first-order valence-corrected chi connectivity index (χ1v) is 7.15. The van der Waals surface area contributed by atoms with Crippen molar-refractivity contribution in [3.05, 3.63) is 12.7 Å². The summed E-state index contributed by atoms with van der Waals surface area (Å²) in [4.78, 5) is 11.7. The maximum atomic E-state index is 12.7. The van der Waals surface area contributed by atoms with Crippen LogP contribution in [0.1, 0.15) is 12.8 Å². The lowest BCUT2D eigenvalue weighted by Gasteiger charge is -2.17. The molecule has 0 saturated heterocycles. The second kappa shape index (κ2) is 5.12. The number of amides is 1. The maximum absolute atomic E-state index is 12.7. The molecule has 0 spiro atoms. The monoisotopic (exact) mass is 309 g/mol. The minimum atomic E-state index is -4.51. The van der Waals surface area contributed by atoms with Gasteiger partial charge in [-0.25, -0.2) is 0 Å². The number of anilines is 1. The van der Waals surface area contributed by atoms with Crippen LogP contribution in [0.5, 0.6) is 0 Å². The zero-order chi connectivity index (χ0) is 14.1. The molecular formula is C10H10F3N3OS2. The molecule has 0 atom stereocenters. The molecule has 1 aromatic rings. The van der Waals surface area contributed by atoms with Crippen molar-refractivity contribution in [3.63, 3.8) is 0 Å². The SMILES string of the molecule is C=CCSc1nnc(NC(=O)C2(C(F)(F)F)CC2)s1. The topological polar surface area (TPSA) is 54.9 Å². The van der Waals surface area contributed by atoms with Gasteiger partial charge in [-0.1, -0.05) is 29.2 Å². The molecule has 0 aromatic carbocycles. The van der Waals surface area contributed by atoms with Crippen LogP contribution in [0.4, 0.5) is 18.3 Å². The standard InChI is InChI=1S/C10H10F3N3OS2/c1-2-5-18-8-16-15-7(19-8)14-6(17)9(3-4-9)10(11,12)13/h2H,1,3-5H2,(H,14,15,17). The number of alkyl halides is 3. The van der Waals surface area contributed by atoms with Gasteiger partial charge in [0.1, 0.15) is 5.41 Å². The Morgan fingerprint density at radius 3 is 2.74 bits per heavy atom. The smallest absolute Gasteiger partial charge is 0.300 e. The fourth-order valence-electron chi connectivity index (χ4n) is 1.43. The summed E-state index contributed by atoms with van der Waals surface area (Å²) in [7, 11) is 0. The van der Waals surface area contributed by atoms with Crippen molar-refractivity contribution < 1.29 is 18.0 Å². The van der Waals surface area contributed by atoms with Crippen LogP contribution in [-0.2, 0) is 4.79 Å². The molecule has 2 rings (SSSR count). The Morgan fingerprint density at radius 2 is 2.21 bits per heavy atom. The molecule has 1 aromatic heterocycles. The summed E-state index contributed by atoms with van der Waals surface area (Å²) in [6, 6.07) is 0. The van der Waals surface area contributed by atoms with Gasteiger partial charge in [0, 0.05) is 5.75 Å². The Morgan fingerprint density at radius 1 is 1.53 bits per heavy atom. The van der Waals surface area contributed by atoms with E-state index in [1.807, 2.05) is 0 Å². The van der Waals surface area contributed by atoms with Crippen molar-refractivity contribution >= 4 is 34.1 Å². The molecule has 1 N–H and O–H groups in total. The summed E-state index contributed by atoms with van der Waals surface area (Å²) >= 11 is 2.40. The molecule has 0 aliphatic heterocycles. The molecule has 9 heteroatoms. The van der Waals surface area contributed by atoms with Gasteiger partial charge in [-0.05, 0) is 12.8 Å². The summed E-state index contributed by atoms with van der Waals surface area (Å²) in [5.41, 5.74) is -2.23. The van der Waals surface area contributed by atoms with Crippen LogP contribution >= 0.6 is 23.1 Å². The lowest BCUT2D eigenvalue weighted by molar-refractivity contribution is -0.189. The van der Waals surface area contributed by atoms with E-state index in [9.17, 15) is 18.0 Å². The van der Waals surface area contributed by atoms with Gasteiger partial charge in [0.15, 0.2) is 4.34 Å². The Balaban J connectivity index is 2.00. The molecule has 0 unspecified atom stereocenters. The maximum Gasteiger partial charge on any atom is 0.403 e. The van der Waals surface area contributed by atoms with Crippen molar-refractivity contribution in [2.45, 2.75) is 23.4 Å². The number of aromatic nitrogens is 2. The molecule has 1 aliphatic carbocycles. The highest BCUT2D eigenvalue weighted by Crippen LogP contribution is 2.58. The van der Waals surface area contributed by atoms with E-state index in [4.69, 9.17) is 0 Å². The van der Waals surface area contributed by atoms with Crippen LogP contribution in [0.2, 0.25) is 0 Å². The normalized spacial score (nSPS) is 17.0. The summed E-state index contributed by atoms with van der Waals surface area (Å²) in [6.07, 6.45) is -3.17. The number of halogens is 3. The van der Waals surface area contributed by atoms with Crippen molar-refractivity contribution in [2.75, 3.05) is 11.1 Å². The molecule has 1 fully saturated rings. The van der Waals surface area contributed by atoms with E-state index in [1.165, 1.54) is 11.8 Å². The molecule has 1 amide bonds. The van der Waals surface area contributed by atoms with E-state index in [1.54, 1.807) is 6.08 Å². The highest BCUT2D eigenvalue weighted by atomic mass is 32.2. The number of nitrogens with one attached hydrogen (secondary N) is 1. The molecule has 104 valence electrons. The molecule has 1 saturated carbocycles. The van der Waals surface area contributed by atoms with Gasteiger partial charge >= 0.3 is 6.18 Å². The quantitative estimate of drug-likeness (QED) is 0.516. The fourth-order valence-corrected chi connectivity index (χ4v) is 2.94. The zero-order valence-electron chi connectivity index (χ0n) is 9.66. The highest BCUT2D eigenvalue weighted by molar-refractivity contribution is 8.01. The fraction of sp³-hybridized carbons (Fsp3) is 0.500. The zero-order valence-corrected chi connectivity index (χ0v) is 11.3. The van der Waals surface area contributed by atoms with E-state index >= 15 is 0 Å². The largest absolute Gasteiger partial charge is 0.403 e. The number of thioether (sulfide) groups is 1. The van der Waals surface area contributed by atoms with Gasteiger partial charge in [0.05, 0.1) is 0 Å². The molecule has 1 heterocycles. The Labute approximate surface area is 115 Å². The number of rotatable bonds is 5. The van der Waals surface area contributed by atoms with E-state index in [-0.39, 0.29) is 18.0 Å². The first kappa shape index (κ1) is 14.3. The van der Waals surface area contributed by atoms with Crippen LogP contribution in [0.25, 0.3) is 0 Å². The minimum absolute atomic E-state index is 0.0899. The van der Waals surface area contributed by atoms with Crippen LogP contribution in [-0.4, -0.2) is 28.0 Å². The molecule has 4 nitrogen and oxygen atoms in total. The van der Waals surface area contributed by atoms with Crippen molar-refractivity contribution in [1.82, 2.24) is 10.2 Å². The number of carbonyl (C=O) groups excluding carboxylic acids is 1. The summed E-state index contributed by atoms with van der Waals surface area (Å²) in [5.74, 6) is -0.425. The number of hydrogen-bond donors (Lipinski definition) is 1. The first-order chi connectivity index (χ1) is 8.89. The molecule has 1 aliphatic rings. The molecule has 19 heavy (non-hydrogen) atoms. The van der Waals surface area contributed by atoms with Gasteiger partial charge in [-0.3, -0.25) is 10.1 Å². The Kier molecular flexibility index (Phi) is 3.86. The Hall–Kier alpha value is -1.09. The van der Waals surface area contributed by atoms with Gasteiger partial charge in [0.2, 0.25) is 11.0 Å². The highest BCUT2D eigenvalue weighted by Gasteiger charge is 2.68. The predicted octanol–water partition coefficient (Wildman–Crippen LogP) is 3.10. The van der Waals surface area contributed by atoms with E-state index in [2.05, 4.69) is 22.1 Å². The molecule has 0 bridgehead atoms. The third-order valence-corrected chi connectivity index (χ3v) is 4.65. The van der Waals surface area contributed by atoms with Gasteiger partial charge in [-0.15, -0.1) is 16.8 Å².